The Bertz CT molecular complexity index is 469. The van der Waals surface area contributed by atoms with E-state index in [2.05, 4.69) is 10.0 Å². The van der Waals surface area contributed by atoms with Crippen LogP contribution in [0.5, 0.6) is 5.75 Å². The average molecular weight is 286 g/mol. The number of sulfonamides is 1. The van der Waals surface area contributed by atoms with Crippen LogP contribution in [-0.4, -0.2) is 33.9 Å². The van der Waals surface area contributed by atoms with E-state index in [1.807, 2.05) is 38.1 Å². The van der Waals surface area contributed by atoms with E-state index in [9.17, 15) is 8.42 Å². The van der Waals surface area contributed by atoms with Crippen molar-refractivity contribution in [1.82, 2.24) is 10.0 Å². The molecule has 0 saturated heterocycles. The molecule has 0 atom stereocenters. The van der Waals surface area contributed by atoms with Crippen LogP contribution in [0.15, 0.2) is 24.3 Å². The molecule has 0 aliphatic carbocycles. The predicted molar refractivity (Wildman–Crippen MR) is 76.8 cm³/mol. The Morgan fingerprint density at radius 3 is 2.37 bits per heavy atom. The maximum absolute atomic E-state index is 11.6. The molecule has 0 aliphatic rings. The molecule has 1 rings (SSSR count). The van der Waals surface area contributed by atoms with Gasteiger partial charge in [-0.2, -0.15) is 0 Å². The number of hydrogen-bond donors (Lipinski definition) is 2. The molecule has 0 saturated carbocycles. The summed E-state index contributed by atoms with van der Waals surface area (Å²) in [7, 11) is -1.55. The lowest BCUT2D eigenvalue weighted by molar-refractivity contribution is 0.414. The second-order valence-corrected chi connectivity index (χ2v) is 6.49. The molecule has 1 aromatic carbocycles. The number of ether oxygens (including phenoxy) is 1. The van der Waals surface area contributed by atoms with E-state index in [-0.39, 0.29) is 11.8 Å². The highest BCUT2D eigenvalue weighted by molar-refractivity contribution is 7.89. The van der Waals surface area contributed by atoms with E-state index in [1.165, 1.54) is 0 Å². The molecule has 108 valence electrons. The van der Waals surface area contributed by atoms with Crippen LogP contribution in [0, 0.1) is 0 Å². The summed E-state index contributed by atoms with van der Waals surface area (Å²) in [6, 6.07) is 7.60. The van der Waals surface area contributed by atoms with Crippen molar-refractivity contribution in [2.75, 3.05) is 19.4 Å². The van der Waals surface area contributed by atoms with Crippen molar-refractivity contribution in [3.05, 3.63) is 29.8 Å². The SMILES string of the molecule is COc1ccc(CNCCS(=O)(=O)NC(C)C)cc1. The Kier molecular flexibility index (Phi) is 6.27. The predicted octanol–water partition coefficient (Wildman–Crippen LogP) is 1.11. The van der Waals surface area contributed by atoms with Crippen molar-refractivity contribution in [1.29, 1.82) is 0 Å². The van der Waals surface area contributed by atoms with Crippen molar-refractivity contribution in [3.8, 4) is 5.75 Å². The summed E-state index contributed by atoms with van der Waals surface area (Å²) >= 11 is 0. The molecule has 0 bridgehead atoms. The van der Waals surface area contributed by atoms with E-state index in [4.69, 9.17) is 4.74 Å². The van der Waals surface area contributed by atoms with Gasteiger partial charge in [0.1, 0.15) is 5.75 Å². The van der Waals surface area contributed by atoms with Gasteiger partial charge in [0, 0.05) is 19.1 Å². The number of methoxy groups -OCH3 is 1. The van der Waals surface area contributed by atoms with E-state index < -0.39 is 10.0 Å². The number of nitrogens with one attached hydrogen (secondary N) is 2. The van der Waals surface area contributed by atoms with Gasteiger partial charge in [0.25, 0.3) is 0 Å². The molecule has 0 fully saturated rings. The first-order valence-electron chi connectivity index (χ1n) is 6.26. The number of rotatable bonds is 8. The van der Waals surface area contributed by atoms with Gasteiger partial charge in [-0.1, -0.05) is 12.1 Å². The fourth-order valence-electron chi connectivity index (χ4n) is 1.60. The van der Waals surface area contributed by atoms with Gasteiger partial charge in [0.15, 0.2) is 0 Å². The molecule has 0 amide bonds. The molecular weight excluding hydrogens is 264 g/mol. The molecule has 0 radical (unpaired) electrons. The molecule has 19 heavy (non-hydrogen) atoms. The Balaban J connectivity index is 2.30. The normalized spacial score (nSPS) is 11.8. The molecule has 2 N–H and O–H groups in total. The van der Waals surface area contributed by atoms with Gasteiger partial charge in [-0.25, -0.2) is 13.1 Å². The van der Waals surface area contributed by atoms with Crippen molar-refractivity contribution in [2.45, 2.75) is 26.4 Å². The zero-order chi connectivity index (χ0) is 14.3. The molecular formula is C13H22N2O3S. The van der Waals surface area contributed by atoms with Crippen molar-refractivity contribution in [2.24, 2.45) is 0 Å². The third-order valence-corrected chi connectivity index (χ3v) is 4.02. The van der Waals surface area contributed by atoms with Gasteiger partial charge in [0.05, 0.1) is 12.9 Å². The van der Waals surface area contributed by atoms with Crippen LogP contribution in [0.2, 0.25) is 0 Å². The molecule has 1 aromatic rings. The van der Waals surface area contributed by atoms with Crippen LogP contribution in [0.25, 0.3) is 0 Å². The van der Waals surface area contributed by atoms with Crippen molar-refractivity contribution < 1.29 is 13.2 Å². The average Bonchev–Trinajstić information content (AvgIpc) is 2.34. The molecule has 0 aliphatic heterocycles. The Labute approximate surface area is 115 Å². The lowest BCUT2D eigenvalue weighted by atomic mass is 10.2. The van der Waals surface area contributed by atoms with Gasteiger partial charge in [0.2, 0.25) is 10.0 Å². The maximum Gasteiger partial charge on any atom is 0.213 e. The Morgan fingerprint density at radius 2 is 1.84 bits per heavy atom. The quantitative estimate of drug-likeness (QED) is 0.703. The standard InChI is InChI=1S/C13H22N2O3S/c1-11(2)15-19(16,17)9-8-14-10-12-4-6-13(18-3)7-5-12/h4-7,11,14-15H,8-10H2,1-3H3. The summed E-state index contributed by atoms with van der Waals surface area (Å²) < 4.78 is 30.8. The highest BCUT2D eigenvalue weighted by atomic mass is 32.2. The first kappa shape index (κ1) is 15.9. The van der Waals surface area contributed by atoms with Crippen LogP contribution >= 0.6 is 0 Å². The van der Waals surface area contributed by atoms with Crippen LogP contribution in [0.1, 0.15) is 19.4 Å². The third kappa shape index (κ3) is 6.56. The van der Waals surface area contributed by atoms with Gasteiger partial charge < -0.3 is 10.1 Å². The van der Waals surface area contributed by atoms with Crippen LogP contribution in [0.3, 0.4) is 0 Å². The zero-order valence-electron chi connectivity index (χ0n) is 11.6. The van der Waals surface area contributed by atoms with Gasteiger partial charge in [-0.3, -0.25) is 0 Å². The summed E-state index contributed by atoms with van der Waals surface area (Å²) in [5, 5.41) is 3.11. The second-order valence-electron chi connectivity index (χ2n) is 4.62. The molecule has 6 heteroatoms. The number of benzene rings is 1. The molecule has 5 nitrogen and oxygen atoms in total. The monoisotopic (exact) mass is 286 g/mol. The molecule has 0 aromatic heterocycles. The Hall–Kier alpha value is -1.11. The van der Waals surface area contributed by atoms with Crippen LogP contribution in [0.4, 0.5) is 0 Å². The van der Waals surface area contributed by atoms with Crippen LogP contribution < -0.4 is 14.8 Å². The van der Waals surface area contributed by atoms with Gasteiger partial charge in [-0.15, -0.1) is 0 Å². The van der Waals surface area contributed by atoms with E-state index in [0.717, 1.165) is 11.3 Å². The third-order valence-electron chi connectivity index (χ3n) is 2.45. The Morgan fingerprint density at radius 1 is 1.21 bits per heavy atom. The van der Waals surface area contributed by atoms with Crippen molar-refractivity contribution in [3.63, 3.8) is 0 Å². The van der Waals surface area contributed by atoms with Gasteiger partial charge in [-0.05, 0) is 31.5 Å². The molecule has 0 spiro atoms. The summed E-state index contributed by atoms with van der Waals surface area (Å²) in [4.78, 5) is 0. The first-order chi connectivity index (χ1) is 8.93. The topological polar surface area (TPSA) is 67.4 Å². The maximum atomic E-state index is 11.6. The van der Waals surface area contributed by atoms with E-state index in [0.29, 0.717) is 13.1 Å². The van der Waals surface area contributed by atoms with Gasteiger partial charge >= 0.3 is 0 Å². The lowest BCUT2D eigenvalue weighted by Crippen LogP contribution is -2.35. The van der Waals surface area contributed by atoms with Crippen molar-refractivity contribution >= 4 is 10.0 Å². The minimum absolute atomic E-state index is 0.0633. The summed E-state index contributed by atoms with van der Waals surface area (Å²) in [6.07, 6.45) is 0. The lowest BCUT2D eigenvalue weighted by Gasteiger charge is -2.10. The van der Waals surface area contributed by atoms with E-state index >= 15 is 0 Å². The van der Waals surface area contributed by atoms with Crippen LogP contribution in [-0.2, 0) is 16.6 Å². The highest BCUT2D eigenvalue weighted by Gasteiger charge is 2.10. The zero-order valence-corrected chi connectivity index (χ0v) is 12.5. The smallest absolute Gasteiger partial charge is 0.213 e. The minimum atomic E-state index is -3.18. The second kappa shape index (κ2) is 7.47. The minimum Gasteiger partial charge on any atom is -0.497 e. The fourth-order valence-corrected chi connectivity index (χ4v) is 2.85. The summed E-state index contributed by atoms with van der Waals surface area (Å²) in [5.41, 5.74) is 1.09. The first-order valence-corrected chi connectivity index (χ1v) is 7.92. The molecule has 0 heterocycles. The number of hydrogen-bond acceptors (Lipinski definition) is 4. The molecule has 0 unspecified atom stereocenters. The van der Waals surface area contributed by atoms with E-state index in [1.54, 1.807) is 7.11 Å². The fraction of sp³-hybridized carbons (Fsp3) is 0.538. The highest BCUT2D eigenvalue weighted by Crippen LogP contribution is 2.10. The summed E-state index contributed by atoms with van der Waals surface area (Å²) in [6.45, 7) is 4.68. The summed E-state index contributed by atoms with van der Waals surface area (Å²) in [5.74, 6) is 0.897. The largest absolute Gasteiger partial charge is 0.497 e.